The van der Waals surface area contributed by atoms with Crippen molar-refractivity contribution in [2.75, 3.05) is 19.7 Å². The summed E-state index contributed by atoms with van der Waals surface area (Å²) in [5.41, 5.74) is 5.05. The van der Waals surface area contributed by atoms with E-state index in [0.717, 1.165) is 6.61 Å². The molecule has 58 valence electrons. The Balaban J connectivity index is 2.24. The Morgan fingerprint density at radius 1 is 1.90 bits per heavy atom. The highest BCUT2D eigenvalue weighted by molar-refractivity contribution is 5.71. The molecule has 0 bridgehead atoms. The molecule has 0 aromatic rings. The number of rotatable bonds is 3. The molecule has 1 rings (SSSR count). The molecule has 0 aromatic carbocycles. The highest BCUT2D eigenvalue weighted by Crippen LogP contribution is 2.09. The van der Waals surface area contributed by atoms with Crippen LogP contribution < -0.4 is 5.73 Å². The summed E-state index contributed by atoms with van der Waals surface area (Å²) in [6.45, 7) is 3.97. The summed E-state index contributed by atoms with van der Waals surface area (Å²) in [6.07, 6.45) is 0.243. The van der Waals surface area contributed by atoms with Crippen LogP contribution in [0.4, 0.5) is 4.79 Å². The number of nitrogens with zero attached hydrogens (tertiary/aromatic N) is 1. The molecular weight excluding hydrogens is 132 g/mol. The molecule has 4 heteroatoms. The summed E-state index contributed by atoms with van der Waals surface area (Å²) < 4.78 is 4.94. The van der Waals surface area contributed by atoms with Gasteiger partial charge < -0.3 is 15.4 Å². The maximum Gasteiger partial charge on any atom is 0.314 e. The van der Waals surface area contributed by atoms with E-state index < -0.39 is 0 Å². The minimum absolute atomic E-state index is 0.243. The fraction of sp³-hybridized carbons (Fsp3) is 0.833. The minimum atomic E-state index is -0.363. The zero-order valence-corrected chi connectivity index (χ0v) is 6.04. The van der Waals surface area contributed by atoms with E-state index in [-0.39, 0.29) is 12.1 Å². The van der Waals surface area contributed by atoms with Gasteiger partial charge in [0.25, 0.3) is 0 Å². The summed E-state index contributed by atoms with van der Waals surface area (Å²) in [4.78, 5) is 12.2. The third kappa shape index (κ3) is 1.88. The van der Waals surface area contributed by atoms with Crippen LogP contribution in [0.3, 0.4) is 0 Å². The molecule has 1 atom stereocenters. The van der Waals surface area contributed by atoms with Crippen LogP contribution in [0.2, 0.25) is 0 Å². The van der Waals surface area contributed by atoms with Crippen LogP contribution in [0.25, 0.3) is 0 Å². The SMILES string of the molecule is CCN(CC1CO1)C(N)=O. The van der Waals surface area contributed by atoms with Gasteiger partial charge in [0.05, 0.1) is 19.3 Å². The van der Waals surface area contributed by atoms with Gasteiger partial charge in [-0.3, -0.25) is 0 Å². The molecule has 1 saturated heterocycles. The number of hydrogen-bond donors (Lipinski definition) is 1. The number of amides is 2. The van der Waals surface area contributed by atoms with Gasteiger partial charge in [-0.2, -0.15) is 0 Å². The van der Waals surface area contributed by atoms with Crippen LogP contribution in [-0.4, -0.2) is 36.7 Å². The summed E-state index contributed by atoms with van der Waals surface area (Å²) >= 11 is 0. The molecule has 1 aliphatic rings. The van der Waals surface area contributed by atoms with Crippen molar-refractivity contribution in [2.24, 2.45) is 5.73 Å². The van der Waals surface area contributed by atoms with E-state index in [0.29, 0.717) is 13.1 Å². The van der Waals surface area contributed by atoms with E-state index >= 15 is 0 Å². The van der Waals surface area contributed by atoms with Gasteiger partial charge in [0.2, 0.25) is 0 Å². The second-order valence-corrected chi connectivity index (χ2v) is 2.33. The van der Waals surface area contributed by atoms with Crippen molar-refractivity contribution in [3.63, 3.8) is 0 Å². The lowest BCUT2D eigenvalue weighted by Crippen LogP contribution is -2.38. The van der Waals surface area contributed by atoms with Crippen LogP contribution in [0.1, 0.15) is 6.92 Å². The number of epoxide rings is 1. The van der Waals surface area contributed by atoms with Crippen molar-refractivity contribution < 1.29 is 9.53 Å². The minimum Gasteiger partial charge on any atom is -0.371 e. The van der Waals surface area contributed by atoms with E-state index in [1.54, 1.807) is 4.90 Å². The summed E-state index contributed by atoms with van der Waals surface area (Å²) in [5.74, 6) is 0. The average Bonchev–Trinajstić information content (AvgIpc) is 2.64. The molecule has 2 N–H and O–H groups in total. The van der Waals surface area contributed by atoms with Gasteiger partial charge in [-0.1, -0.05) is 0 Å². The standard InChI is InChI=1S/C6H12N2O2/c1-2-8(6(7)9)3-5-4-10-5/h5H,2-4H2,1H3,(H2,7,9). The van der Waals surface area contributed by atoms with E-state index in [9.17, 15) is 4.79 Å². The first-order chi connectivity index (χ1) is 4.74. The fourth-order valence-corrected chi connectivity index (χ4v) is 0.794. The lowest BCUT2D eigenvalue weighted by atomic mass is 10.4. The summed E-state index contributed by atoms with van der Waals surface area (Å²) in [7, 11) is 0. The quantitative estimate of drug-likeness (QED) is 0.557. The van der Waals surface area contributed by atoms with Crippen molar-refractivity contribution in [1.29, 1.82) is 0 Å². The van der Waals surface area contributed by atoms with Gasteiger partial charge in [0.1, 0.15) is 0 Å². The van der Waals surface area contributed by atoms with Gasteiger partial charge in [0, 0.05) is 6.54 Å². The Morgan fingerprint density at radius 2 is 2.50 bits per heavy atom. The summed E-state index contributed by atoms with van der Waals surface area (Å²) in [5, 5.41) is 0. The molecule has 2 amide bonds. The highest BCUT2D eigenvalue weighted by atomic mass is 16.6. The van der Waals surface area contributed by atoms with Crippen molar-refractivity contribution in [1.82, 2.24) is 4.90 Å². The maximum atomic E-state index is 10.6. The lowest BCUT2D eigenvalue weighted by molar-refractivity contribution is 0.204. The normalized spacial score (nSPS) is 22.3. The Bertz CT molecular complexity index is 134. The van der Waals surface area contributed by atoms with Gasteiger partial charge in [-0.15, -0.1) is 0 Å². The first kappa shape index (κ1) is 7.34. The van der Waals surface area contributed by atoms with Crippen LogP contribution >= 0.6 is 0 Å². The van der Waals surface area contributed by atoms with Crippen LogP contribution in [-0.2, 0) is 4.74 Å². The van der Waals surface area contributed by atoms with Crippen molar-refractivity contribution in [3.05, 3.63) is 0 Å². The Labute approximate surface area is 59.9 Å². The van der Waals surface area contributed by atoms with Crippen molar-refractivity contribution in [3.8, 4) is 0 Å². The number of ether oxygens (including phenoxy) is 1. The molecule has 0 spiro atoms. The topological polar surface area (TPSA) is 58.9 Å². The van der Waals surface area contributed by atoms with Crippen LogP contribution in [0.5, 0.6) is 0 Å². The van der Waals surface area contributed by atoms with Crippen LogP contribution in [0.15, 0.2) is 0 Å². The average molecular weight is 144 g/mol. The molecule has 1 fully saturated rings. The van der Waals surface area contributed by atoms with E-state index in [2.05, 4.69) is 0 Å². The number of hydrogen-bond acceptors (Lipinski definition) is 2. The number of carbonyl (C=O) groups is 1. The van der Waals surface area contributed by atoms with Crippen LogP contribution in [0, 0.1) is 0 Å². The molecule has 0 aliphatic carbocycles. The molecule has 4 nitrogen and oxygen atoms in total. The Hall–Kier alpha value is -0.770. The van der Waals surface area contributed by atoms with E-state index in [1.165, 1.54) is 0 Å². The fourth-order valence-electron chi connectivity index (χ4n) is 0.794. The Morgan fingerprint density at radius 3 is 2.80 bits per heavy atom. The summed E-state index contributed by atoms with van der Waals surface area (Å²) in [6, 6.07) is -0.363. The molecule has 10 heavy (non-hydrogen) atoms. The number of nitrogens with two attached hydrogens (primary N) is 1. The monoisotopic (exact) mass is 144 g/mol. The third-order valence-electron chi connectivity index (χ3n) is 1.52. The number of urea groups is 1. The molecule has 1 aliphatic heterocycles. The first-order valence-corrected chi connectivity index (χ1v) is 3.40. The predicted molar refractivity (Wildman–Crippen MR) is 36.6 cm³/mol. The molecule has 0 aromatic heterocycles. The van der Waals surface area contributed by atoms with E-state index in [1.807, 2.05) is 6.92 Å². The molecule has 0 saturated carbocycles. The number of likely N-dealkylation sites (N-methyl/N-ethyl adjacent to an activating group) is 1. The molecule has 1 heterocycles. The van der Waals surface area contributed by atoms with Crippen molar-refractivity contribution in [2.45, 2.75) is 13.0 Å². The highest BCUT2D eigenvalue weighted by Gasteiger charge is 2.25. The van der Waals surface area contributed by atoms with E-state index in [4.69, 9.17) is 10.5 Å². The second-order valence-electron chi connectivity index (χ2n) is 2.33. The lowest BCUT2D eigenvalue weighted by Gasteiger charge is -2.15. The molecule has 1 unspecified atom stereocenters. The zero-order valence-electron chi connectivity index (χ0n) is 6.04. The molecule has 0 radical (unpaired) electrons. The second kappa shape index (κ2) is 2.88. The third-order valence-corrected chi connectivity index (χ3v) is 1.52. The number of carbonyl (C=O) groups excluding carboxylic acids is 1. The van der Waals surface area contributed by atoms with Crippen molar-refractivity contribution >= 4 is 6.03 Å². The molecular formula is C6H12N2O2. The van der Waals surface area contributed by atoms with Gasteiger partial charge >= 0.3 is 6.03 Å². The number of primary amides is 1. The van der Waals surface area contributed by atoms with Gasteiger partial charge in [-0.05, 0) is 6.92 Å². The van der Waals surface area contributed by atoms with Gasteiger partial charge in [0.15, 0.2) is 0 Å². The Kier molecular flexibility index (Phi) is 2.11. The predicted octanol–water partition coefficient (Wildman–Crippen LogP) is -0.214. The zero-order chi connectivity index (χ0) is 7.56. The maximum absolute atomic E-state index is 10.6. The largest absolute Gasteiger partial charge is 0.371 e. The first-order valence-electron chi connectivity index (χ1n) is 3.40. The van der Waals surface area contributed by atoms with Gasteiger partial charge in [-0.25, -0.2) is 4.79 Å². The smallest absolute Gasteiger partial charge is 0.314 e.